The number of carboxylic acids is 1. The first-order chi connectivity index (χ1) is 16.3. The summed E-state index contributed by atoms with van der Waals surface area (Å²) in [7, 11) is 0. The van der Waals surface area contributed by atoms with E-state index in [2.05, 4.69) is 15.3 Å². The van der Waals surface area contributed by atoms with E-state index in [1.165, 1.54) is 17.0 Å². The topological polar surface area (TPSA) is 112 Å². The van der Waals surface area contributed by atoms with Gasteiger partial charge in [0, 0.05) is 23.6 Å². The van der Waals surface area contributed by atoms with Crippen LogP contribution in [0.2, 0.25) is 0 Å². The minimum atomic E-state index is -1.09. The Labute approximate surface area is 200 Å². The highest BCUT2D eigenvalue weighted by atomic mass is 32.2. The Morgan fingerprint density at radius 1 is 0.971 bits per heavy atom. The van der Waals surface area contributed by atoms with Crippen molar-refractivity contribution in [3.8, 4) is 0 Å². The zero-order valence-electron chi connectivity index (χ0n) is 18.6. The molecule has 2 amide bonds. The highest BCUT2D eigenvalue weighted by Crippen LogP contribution is 2.34. The number of aromatic carboxylic acids is 1. The molecule has 0 unspecified atom stereocenters. The number of imide groups is 1. The molecule has 172 valence electrons. The van der Waals surface area contributed by atoms with Gasteiger partial charge in [0.1, 0.15) is 10.6 Å². The van der Waals surface area contributed by atoms with Gasteiger partial charge in [-0.05, 0) is 61.9 Å². The molecule has 2 aromatic carbocycles. The van der Waals surface area contributed by atoms with E-state index < -0.39 is 17.8 Å². The highest BCUT2D eigenvalue weighted by molar-refractivity contribution is 8.04. The Hall–Kier alpha value is -3.98. The van der Waals surface area contributed by atoms with Crippen LogP contribution in [-0.2, 0) is 16.0 Å². The number of anilines is 1. The number of thioether (sulfide) groups is 1. The normalized spacial score (nSPS) is 13.5. The van der Waals surface area contributed by atoms with Crippen LogP contribution < -0.4 is 5.32 Å². The Kier molecular flexibility index (Phi) is 6.74. The van der Waals surface area contributed by atoms with Crippen LogP contribution in [0.4, 0.5) is 5.69 Å². The number of aryl methyl sites for hydroxylation is 2. The predicted molar refractivity (Wildman–Crippen MR) is 128 cm³/mol. The number of hydrogen-bond acceptors (Lipinski definition) is 7. The van der Waals surface area contributed by atoms with E-state index in [1.807, 2.05) is 50.2 Å². The van der Waals surface area contributed by atoms with Gasteiger partial charge >= 0.3 is 5.97 Å². The van der Waals surface area contributed by atoms with E-state index in [9.17, 15) is 19.5 Å². The van der Waals surface area contributed by atoms with Crippen molar-refractivity contribution >= 4 is 35.2 Å². The van der Waals surface area contributed by atoms with Crippen molar-refractivity contribution in [1.82, 2.24) is 14.9 Å². The Balaban J connectivity index is 1.66. The largest absolute Gasteiger partial charge is 0.478 e. The standard InChI is InChI=1S/C25H22N4O4S/c1-15-13-16(2)27-25(26-15)34-21-20(28-19-10-6-9-18(14-19)24(32)33)22(30)29(23(21)31)12-11-17-7-4-3-5-8-17/h3-10,13-14,28H,11-12H2,1-2H3,(H,32,33). The third-order valence-electron chi connectivity index (χ3n) is 5.13. The van der Waals surface area contributed by atoms with Crippen molar-refractivity contribution in [2.45, 2.75) is 25.4 Å². The molecule has 2 heterocycles. The molecule has 0 fully saturated rings. The van der Waals surface area contributed by atoms with Crippen molar-refractivity contribution in [1.29, 1.82) is 0 Å². The van der Waals surface area contributed by atoms with Crippen LogP contribution in [0.15, 0.2) is 76.4 Å². The van der Waals surface area contributed by atoms with Gasteiger partial charge in [-0.2, -0.15) is 0 Å². The lowest BCUT2D eigenvalue weighted by Gasteiger charge is -2.15. The molecule has 1 aliphatic rings. The van der Waals surface area contributed by atoms with Gasteiger partial charge in [0.15, 0.2) is 5.16 Å². The van der Waals surface area contributed by atoms with E-state index >= 15 is 0 Å². The monoisotopic (exact) mass is 474 g/mol. The first-order valence-electron chi connectivity index (χ1n) is 10.6. The summed E-state index contributed by atoms with van der Waals surface area (Å²) in [5.41, 5.74) is 3.03. The van der Waals surface area contributed by atoms with E-state index in [1.54, 1.807) is 12.1 Å². The number of carbonyl (C=O) groups is 3. The fourth-order valence-corrected chi connectivity index (χ4v) is 4.55. The number of hydrogen-bond donors (Lipinski definition) is 2. The quantitative estimate of drug-likeness (QED) is 0.374. The van der Waals surface area contributed by atoms with Crippen LogP contribution >= 0.6 is 11.8 Å². The number of benzene rings is 2. The molecule has 1 aliphatic heterocycles. The number of rotatable bonds is 8. The van der Waals surface area contributed by atoms with Gasteiger partial charge < -0.3 is 10.4 Å². The predicted octanol–water partition coefficient (Wildman–Crippen LogP) is 3.82. The average Bonchev–Trinajstić information content (AvgIpc) is 3.01. The minimum absolute atomic E-state index is 0.0650. The van der Waals surface area contributed by atoms with E-state index in [-0.39, 0.29) is 22.7 Å². The number of aromatic nitrogens is 2. The number of nitrogens with one attached hydrogen (secondary N) is 1. The van der Waals surface area contributed by atoms with Crippen molar-refractivity contribution < 1.29 is 19.5 Å². The van der Waals surface area contributed by atoms with E-state index in [4.69, 9.17) is 0 Å². The molecule has 34 heavy (non-hydrogen) atoms. The van der Waals surface area contributed by atoms with Gasteiger partial charge in [0.25, 0.3) is 11.8 Å². The summed E-state index contributed by atoms with van der Waals surface area (Å²) in [5, 5.41) is 12.6. The molecular formula is C25H22N4O4S. The zero-order chi connectivity index (χ0) is 24.2. The summed E-state index contributed by atoms with van der Waals surface area (Å²) in [6.45, 7) is 3.87. The molecule has 0 saturated heterocycles. The minimum Gasteiger partial charge on any atom is -0.478 e. The molecule has 0 saturated carbocycles. The number of nitrogens with zero attached hydrogens (tertiary/aromatic N) is 3. The molecule has 3 aromatic rings. The third-order valence-corrected chi connectivity index (χ3v) is 6.07. The van der Waals surface area contributed by atoms with Gasteiger partial charge in [-0.25, -0.2) is 14.8 Å². The van der Waals surface area contributed by atoms with Crippen LogP contribution in [0.5, 0.6) is 0 Å². The summed E-state index contributed by atoms with van der Waals surface area (Å²) in [4.78, 5) is 48.1. The summed E-state index contributed by atoms with van der Waals surface area (Å²) in [5.74, 6) is -2.01. The Bertz CT molecular complexity index is 1290. The molecule has 4 rings (SSSR count). The van der Waals surface area contributed by atoms with Gasteiger partial charge in [-0.3, -0.25) is 14.5 Å². The highest BCUT2D eigenvalue weighted by Gasteiger charge is 2.39. The number of carbonyl (C=O) groups excluding carboxylic acids is 2. The lowest BCUT2D eigenvalue weighted by atomic mass is 10.1. The summed E-state index contributed by atoms with van der Waals surface area (Å²) >= 11 is 1.02. The first kappa shape index (κ1) is 23.2. The lowest BCUT2D eigenvalue weighted by Crippen LogP contribution is -2.34. The maximum Gasteiger partial charge on any atom is 0.335 e. The van der Waals surface area contributed by atoms with Crippen molar-refractivity contribution in [2.75, 3.05) is 11.9 Å². The first-order valence-corrected chi connectivity index (χ1v) is 11.4. The fourth-order valence-electron chi connectivity index (χ4n) is 3.55. The van der Waals surface area contributed by atoms with Gasteiger partial charge in [-0.1, -0.05) is 36.4 Å². The van der Waals surface area contributed by atoms with Crippen molar-refractivity contribution in [3.63, 3.8) is 0 Å². The molecule has 0 bridgehead atoms. The van der Waals surface area contributed by atoms with Crippen LogP contribution in [0, 0.1) is 13.8 Å². The lowest BCUT2D eigenvalue weighted by molar-refractivity contribution is -0.137. The maximum absolute atomic E-state index is 13.3. The maximum atomic E-state index is 13.3. The molecule has 8 nitrogen and oxygen atoms in total. The second kappa shape index (κ2) is 9.88. The average molecular weight is 475 g/mol. The molecule has 0 aliphatic carbocycles. The second-order valence-corrected chi connectivity index (χ2v) is 8.73. The summed E-state index contributed by atoms with van der Waals surface area (Å²) in [6, 6.07) is 17.5. The fraction of sp³-hybridized carbons (Fsp3) is 0.160. The van der Waals surface area contributed by atoms with Crippen LogP contribution in [0.1, 0.15) is 27.3 Å². The molecule has 0 spiro atoms. The number of amides is 2. The third kappa shape index (κ3) is 5.15. The van der Waals surface area contributed by atoms with Gasteiger partial charge in [0.2, 0.25) is 0 Å². The summed E-state index contributed by atoms with van der Waals surface area (Å²) in [6.07, 6.45) is 0.512. The SMILES string of the molecule is Cc1cc(C)nc(SC2=C(Nc3cccc(C(=O)O)c3)C(=O)N(CCc3ccccc3)C2=O)n1. The van der Waals surface area contributed by atoms with Gasteiger partial charge in [0.05, 0.1) is 5.56 Å². The van der Waals surface area contributed by atoms with Gasteiger partial charge in [-0.15, -0.1) is 0 Å². The van der Waals surface area contributed by atoms with Crippen molar-refractivity contribution in [2.24, 2.45) is 0 Å². The molecule has 2 N–H and O–H groups in total. The van der Waals surface area contributed by atoms with Crippen LogP contribution in [-0.4, -0.2) is 44.3 Å². The van der Waals surface area contributed by atoms with Crippen LogP contribution in [0.3, 0.4) is 0 Å². The second-order valence-electron chi connectivity index (χ2n) is 7.75. The Morgan fingerprint density at radius 3 is 2.35 bits per heavy atom. The smallest absolute Gasteiger partial charge is 0.335 e. The molecule has 0 atom stereocenters. The van der Waals surface area contributed by atoms with Crippen molar-refractivity contribution in [3.05, 3.63) is 93.8 Å². The van der Waals surface area contributed by atoms with E-state index in [0.717, 1.165) is 28.7 Å². The zero-order valence-corrected chi connectivity index (χ0v) is 19.4. The molecule has 0 radical (unpaired) electrons. The summed E-state index contributed by atoms with van der Waals surface area (Å²) < 4.78 is 0. The number of carboxylic acid groups (broad SMARTS) is 1. The molecule has 9 heteroatoms. The van der Waals surface area contributed by atoms with Crippen LogP contribution in [0.25, 0.3) is 0 Å². The molecular weight excluding hydrogens is 452 g/mol. The molecule has 1 aromatic heterocycles. The van der Waals surface area contributed by atoms with E-state index in [0.29, 0.717) is 17.3 Å². The Morgan fingerprint density at radius 2 is 1.68 bits per heavy atom.